The molecule has 0 rings (SSSR count). The van der Waals surface area contributed by atoms with Gasteiger partial charge in [-0.2, -0.15) is 0 Å². The van der Waals surface area contributed by atoms with Crippen molar-refractivity contribution < 1.29 is 170 Å². The number of aliphatic hydroxyl groups excluding tert-OH is 1. The van der Waals surface area contributed by atoms with Gasteiger partial charge in [0, 0.05) is 6.61 Å². The third-order valence-electron chi connectivity index (χ3n) is 1.35. The van der Waals surface area contributed by atoms with E-state index in [1.165, 1.54) is 19.3 Å². The normalized spacial score (nSPS) is 13.0. The quantitative estimate of drug-likeness (QED) is 0.196. The van der Waals surface area contributed by atoms with Crippen molar-refractivity contribution in [3.63, 3.8) is 0 Å². The van der Waals surface area contributed by atoms with Crippen LogP contribution in [0.3, 0.4) is 0 Å². The summed E-state index contributed by atoms with van der Waals surface area (Å²) in [5.41, 5.74) is 0. The van der Waals surface area contributed by atoms with Crippen molar-refractivity contribution >= 4 is 33.0 Å². The summed E-state index contributed by atoms with van der Waals surface area (Å²) in [5.74, 6) is 0. The number of aliphatic hydroxyl groups is 1. The molecule has 1 N–H and O–H groups in total. The Hall–Kier alpha value is 4.64. The molecule has 0 saturated heterocycles. The molecule has 0 radical (unpaired) electrons. The first kappa shape index (κ1) is 47.4. The summed E-state index contributed by atoms with van der Waals surface area (Å²) in [7, 11) is -14.1. The van der Waals surface area contributed by atoms with Crippen LogP contribution in [-0.4, -0.2) is 11.7 Å². The summed E-state index contributed by atoms with van der Waals surface area (Å²) in [6, 6.07) is 0. The van der Waals surface area contributed by atoms with E-state index in [1.54, 1.807) is 0 Å². The fourth-order valence-electron chi connectivity index (χ4n) is 0.675. The zero-order valence-electron chi connectivity index (χ0n) is 15.1. The summed E-state index contributed by atoms with van der Waals surface area (Å²) >= 11 is 0. The average Bonchev–Trinajstić information content (AvgIpc) is 2.27. The van der Waals surface area contributed by atoms with E-state index in [1.807, 2.05) is 0 Å². The first-order valence-electron chi connectivity index (χ1n) is 5.47. The van der Waals surface area contributed by atoms with Gasteiger partial charge >= 0.3 is 118 Å². The summed E-state index contributed by atoms with van der Waals surface area (Å²) in [5, 5.41) is 8.29. The van der Waals surface area contributed by atoms with Crippen LogP contribution in [0.2, 0.25) is 0 Å². The summed E-state index contributed by atoms with van der Waals surface area (Å²) < 4.78 is 43.6. The Morgan fingerprint density at radius 3 is 1.08 bits per heavy atom. The molecule has 0 aromatic heterocycles. The molecule has 0 heterocycles. The summed E-state index contributed by atoms with van der Waals surface area (Å²) in [4.78, 5) is 37.1. The van der Waals surface area contributed by atoms with Crippen molar-refractivity contribution in [3.05, 3.63) is 0 Å². The van der Waals surface area contributed by atoms with Crippen LogP contribution in [0.15, 0.2) is 0 Å². The maximum atomic E-state index is 9.29. The van der Waals surface area contributed by atoms with Gasteiger partial charge in [0.05, 0.1) is 0 Å². The second kappa shape index (κ2) is 39.2. The zero-order valence-corrected chi connectivity index (χ0v) is 27.1. The van der Waals surface area contributed by atoms with Crippen LogP contribution in [0.5, 0.6) is 0 Å². The molecule has 0 aliphatic carbocycles. The van der Waals surface area contributed by atoms with E-state index in [4.69, 9.17) is 5.11 Å². The second-order valence-corrected chi connectivity index (χ2v) is 6.62. The minimum Gasteiger partial charge on any atom is -0.781 e. The average molecular weight is 482 g/mol. The Balaban J connectivity index is -0.0000000360. The van der Waals surface area contributed by atoms with Crippen molar-refractivity contribution in [2.45, 2.75) is 32.6 Å². The van der Waals surface area contributed by atoms with Gasteiger partial charge in [0.1, 0.15) is 33.0 Å². The van der Waals surface area contributed by atoms with E-state index in [2.05, 4.69) is 15.5 Å². The number of hydrogen-bond acceptors (Lipinski definition) is 11. The zero-order chi connectivity index (χ0) is 17.3. The Morgan fingerprint density at radius 2 is 0.960 bits per heavy atom. The Kier molecular flexibility index (Phi) is 74.3. The Morgan fingerprint density at radius 1 is 0.680 bits per heavy atom. The molecule has 0 spiro atoms. The molecular formula is C6H18Na4O11P4. The molecule has 0 aromatic rings. The standard InChI is InChI=1S/C6H14O.4Na.2H4O5P2/c1-2-3-4-5-6-7;;;;;2*1-6(2)5-7(3)4/h7H,2-6H2,1H3;;;;;2*6-7H,(H,1,2)(H,3,4)/q;4*+1;;/p-4. The maximum Gasteiger partial charge on any atom is 1.00 e. The van der Waals surface area contributed by atoms with Crippen LogP contribution in [0.1, 0.15) is 32.6 Å². The molecule has 4 atom stereocenters. The van der Waals surface area contributed by atoms with E-state index in [0.29, 0.717) is 6.61 Å². The molecule has 0 bridgehead atoms. The van der Waals surface area contributed by atoms with Gasteiger partial charge in [-0.3, -0.25) is 8.62 Å². The molecular weight excluding hydrogens is 464 g/mol. The van der Waals surface area contributed by atoms with Gasteiger partial charge in [-0.15, -0.1) is 0 Å². The molecule has 0 aliphatic rings. The SMILES string of the molecule is CCCCCCO.O=[PH]([O-])O[PH](=O)[O-].O=[PH]([O-])O[PH](=O)[O-].[Na+].[Na+].[Na+].[Na+]. The van der Waals surface area contributed by atoms with Gasteiger partial charge in [-0.05, 0) is 6.42 Å². The first-order valence-corrected chi connectivity index (χ1v) is 10.4. The minimum absolute atomic E-state index is 0. The van der Waals surface area contributed by atoms with Gasteiger partial charge < -0.3 is 42.9 Å². The fraction of sp³-hybridized carbons (Fsp3) is 1.00. The maximum absolute atomic E-state index is 9.29. The van der Waals surface area contributed by atoms with Crippen molar-refractivity contribution in [1.82, 2.24) is 0 Å². The van der Waals surface area contributed by atoms with Crippen molar-refractivity contribution in [2.24, 2.45) is 0 Å². The largest absolute Gasteiger partial charge is 1.00 e. The van der Waals surface area contributed by atoms with Crippen molar-refractivity contribution in [2.75, 3.05) is 6.61 Å². The van der Waals surface area contributed by atoms with E-state index < -0.39 is 33.0 Å². The molecule has 19 heteroatoms. The van der Waals surface area contributed by atoms with Crippen molar-refractivity contribution in [1.29, 1.82) is 0 Å². The molecule has 132 valence electrons. The first-order chi connectivity index (χ1) is 9.67. The van der Waals surface area contributed by atoms with Gasteiger partial charge in [-0.1, -0.05) is 26.2 Å². The van der Waals surface area contributed by atoms with E-state index in [9.17, 15) is 37.8 Å². The van der Waals surface area contributed by atoms with Crippen molar-refractivity contribution in [3.8, 4) is 0 Å². The van der Waals surface area contributed by atoms with Gasteiger partial charge in [-0.25, -0.2) is 0 Å². The topological polar surface area (TPSA) is 199 Å². The third kappa shape index (κ3) is 73.4. The van der Waals surface area contributed by atoms with E-state index in [-0.39, 0.29) is 118 Å². The number of hydrogen-bond donors (Lipinski definition) is 1. The van der Waals surface area contributed by atoms with Gasteiger partial charge in [0.15, 0.2) is 0 Å². The molecule has 11 nitrogen and oxygen atoms in total. The van der Waals surface area contributed by atoms with Crippen LogP contribution in [0.4, 0.5) is 0 Å². The smallest absolute Gasteiger partial charge is 0.781 e. The molecule has 0 aliphatic heterocycles. The van der Waals surface area contributed by atoms with E-state index >= 15 is 0 Å². The van der Waals surface area contributed by atoms with Crippen LogP contribution >= 0.6 is 33.0 Å². The third-order valence-corrected chi connectivity index (χ3v) is 4.01. The number of rotatable bonds is 8. The number of unbranched alkanes of at least 4 members (excludes halogenated alkanes) is 3. The predicted octanol–water partition coefficient (Wildman–Crippen LogP) is -13.4. The Bertz CT molecular complexity index is 284. The van der Waals surface area contributed by atoms with Crippen LogP contribution in [-0.2, 0) is 26.9 Å². The molecule has 0 fully saturated rings. The predicted molar refractivity (Wildman–Crippen MR) is 69.4 cm³/mol. The van der Waals surface area contributed by atoms with Crippen LogP contribution < -0.4 is 138 Å². The molecule has 0 amide bonds. The van der Waals surface area contributed by atoms with Crippen LogP contribution in [0, 0.1) is 0 Å². The molecule has 0 saturated carbocycles. The monoisotopic (exact) mass is 482 g/mol. The summed E-state index contributed by atoms with van der Waals surface area (Å²) in [6.07, 6.45) is 4.68. The minimum atomic E-state index is -3.51. The summed E-state index contributed by atoms with van der Waals surface area (Å²) in [6.45, 7) is 2.53. The second-order valence-electron chi connectivity index (χ2n) is 2.99. The fourth-order valence-corrected chi connectivity index (χ4v) is 1.76. The molecule has 4 unspecified atom stereocenters. The van der Waals surface area contributed by atoms with Crippen LogP contribution in [0.25, 0.3) is 0 Å². The van der Waals surface area contributed by atoms with Gasteiger partial charge in [0.25, 0.3) is 0 Å². The van der Waals surface area contributed by atoms with Gasteiger partial charge in [0.2, 0.25) is 0 Å². The molecule has 25 heavy (non-hydrogen) atoms. The van der Waals surface area contributed by atoms with E-state index in [0.717, 1.165) is 6.42 Å². The molecule has 0 aromatic carbocycles. The Labute approximate surface area is 238 Å².